The second kappa shape index (κ2) is 8.12. The Kier molecular flexibility index (Phi) is 8.07. The number of hydrogen-bond acceptors (Lipinski definition) is 2. The van der Waals surface area contributed by atoms with E-state index in [-0.39, 0.29) is 5.60 Å². The molecule has 2 nitrogen and oxygen atoms in total. The van der Waals surface area contributed by atoms with Gasteiger partial charge in [-0.25, -0.2) is 0 Å². The van der Waals surface area contributed by atoms with Crippen molar-refractivity contribution in [1.82, 2.24) is 5.48 Å². The van der Waals surface area contributed by atoms with E-state index in [0.717, 1.165) is 6.42 Å². The van der Waals surface area contributed by atoms with Gasteiger partial charge in [0.05, 0.1) is 5.60 Å². The molecule has 0 saturated carbocycles. The van der Waals surface area contributed by atoms with Crippen LogP contribution in [-0.2, 0) is 4.84 Å². The van der Waals surface area contributed by atoms with Gasteiger partial charge in [-0.2, -0.15) is 5.48 Å². The first-order valence-electron chi connectivity index (χ1n) is 6.41. The van der Waals surface area contributed by atoms with Crippen molar-refractivity contribution >= 4 is 0 Å². The summed E-state index contributed by atoms with van der Waals surface area (Å²) in [5, 5.41) is 0. The van der Waals surface area contributed by atoms with E-state index in [2.05, 4.69) is 40.1 Å². The summed E-state index contributed by atoms with van der Waals surface area (Å²) in [7, 11) is 0. The van der Waals surface area contributed by atoms with E-state index >= 15 is 0 Å². The van der Waals surface area contributed by atoms with Crippen LogP contribution in [0.25, 0.3) is 0 Å². The van der Waals surface area contributed by atoms with E-state index < -0.39 is 0 Å². The van der Waals surface area contributed by atoms with Crippen LogP contribution in [0.15, 0.2) is 0 Å². The molecule has 0 aliphatic heterocycles. The van der Waals surface area contributed by atoms with E-state index in [1.165, 1.54) is 32.1 Å². The Hall–Kier alpha value is -0.0800. The molecule has 0 fully saturated rings. The van der Waals surface area contributed by atoms with Gasteiger partial charge >= 0.3 is 0 Å². The molecule has 92 valence electrons. The van der Waals surface area contributed by atoms with Gasteiger partial charge in [0.2, 0.25) is 0 Å². The van der Waals surface area contributed by atoms with Crippen molar-refractivity contribution in [3.05, 3.63) is 0 Å². The summed E-state index contributed by atoms with van der Waals surface area (Å²) in [6, 6.07) is 0.393. The maximum Gasteiger partial charge on any atom is 0.0841 e. The molecule has 0 atom stereocenters. The van der Waals surface area contributed by atoms with Gasteiger partial charge in [-0.1, -0.05) is 39.0 Å². The summed E-state index contributed by atoms with van der Waals surface area (Å²) in [6.45, 7) is 10.7. The van der Waals surface area contributed by atoms with Gasteiger partial charge in [0.15, 0.2) is 0 Å². The fraction of sp³-hybridized carbons (Fsp3) is 1.00. The summed E-state index contributed by atoms with van der Waals surface area (Å²) in [6.07, 6.45) is 7.79. The molecular weight excluding hydrogens is 186 g/mol. The lowest BCUT2D eigenvalue weighted by atomic mass is 10.00. The van der Waals surface area contributed by atoms with Crippen LogP contribution in [0, 0.1) is 0 Å². The maximum absolute atomic E-state index is 5.65. The number of rotatable bonds is 9. The molecular formula is C13H29NO. The van der Waals surface area contributed by atoms with Crippen LogP contribution in [0.1, 0.15) is 73.1 Å². The lowest BCUT2D eigenvalue weighted by molar-refractivity contribution is -0.0997. The lowest BCUT2D eigenvalue weighted by Crippen LogP contribution is -2.35. The highest BCUT2D eigenvalue weighted by molar-refractivity contribution is 4.67. The molecule has 0 spiro atoms. The molecule has 0 aliphatic carbocycles. The minimum absolute atomic E-state index is 0.0313. The minimum atomic E-state index is -0.0313. The summed E-state index contributed by atoms with van der Waals surface area (Å²) in [5.41, 5.74) is 3.01. The summed E-state index contributed by atoms with van der Waals surface area (Å²) in [4.78, 5) is 5.65. The highest BCUT2D eigenvalue weighted by Gasteiger charge is 2.18. The van der Waals surface area contributed by atoms with E-state index in [4.69, 9.17) is 4.84 Å². The van der Waals surface area contributed by atoms with E-state index in [0.29, 0.717) is 6.04 Å². The molecule has 0 aromatic heterocycles. The van der Waals surface area contributed by atoms with Crippen LogP contribution in [0.5, 0.6) is 0 Å². The predicted molar refractivity (Wildman–Crippen MR) is 66.8 cm³/mol. The predicted octanol–water partition coefficient (Wildman–Crippen LogP) is 4.06. The fourth-order valence-corrected chi connectivity index (χ4v) is 1.48. The molecule has 0 aromatic carbocycles. The van der Waals surface area contributed by atoms with Crippen molar-refractivity contribution in [3.63, 3.8) is 0 Å². The summed E-state index contributed by atoms with van der Waals surface area (Å²) >= 11 is 0. The molecule has 2 heteroatoms. The van der Waals surface area contributed by atoms with Gasteiger partial charge in [0.25, 0.3) is 0 Å². The zero-order valence-corrected chi connectivity index (χ0v) is 11.2. The van der Waals surface area contributed by atoms with Crippen molar-refractivity contribution in [2.24, 2.45) is 0 Å². The Morgan fingerprint density at radius 2 is 1.67 bits per heavy atom. The standard InChI is InChI=1S/C13H29NO/c1-6-7-8-9-10-11-13(4,5)15-14-12(2)3/h12,14H,6-11H2,1-5H3. The summed E-state index contributed by atoms with van der Waals surface area (Å²) < 4.78 is 0. The van der Waals surface area contributed by atoms with E-state index in [9.17, 15) is 0 Å². The first-order valence-corrected chi connectivity index (χ1v) is 6.41. The maximum atomic E-state index is 5.65. The van der Waals surface area contributed by atoms with Gasteiger partial charge < -0.3 is 0 Å². The minimum Gasteiger partial charge on any atom is -0.296 e. The Morgan fingerprint density at radius 3 is 2.20 bits per heavy atom. The monoisotopic (exact) mass is 215 g/mol. The quantitative estimate of drug-likeness (QED) is 0.463. The molecule has 0 heterocycles. The van der Waals surface area contributed by atoms with Crippen LogP contribution in [-0.4, -0.2) is 11.6 Å². The molecule has 0 amide bonds. The third kappa shape index (κ3) is 10.2. The Labute approximate surface area is 95.7 Å². The van der Waals surface area contributed by atoms with Crippen LogP contribution >= 0.6 is 0 Å². The van der Waals surface area contributed by atoms with Gasteiger partial charge in [-0.15, -0.1) is 0 Å². The molecule has 0 saturated heterocycles. The van der Waals surface area contributed by atoms with Crippen LogP contribution < -0.4 is 5.48 Å². The number of unbranched alkanes of at least 4 members (excludes halogenated alkanes) is 4. The molecule has 0 unspecified atom stereocenters. The van der Waals surface area contributed by atoms with Crippen LogP contribution in [0.3, 0.4) is 0 Å². The van der Waals surface area contributed by atoms with E-state index in [1.54, 1.807) is 0 Å². The molecule has 0 bridgehead atoms. The molecule has 15 heavy (non-hydrogen) atoms. The first kappa shape index (κ1) is 14.9. The van der Waals surface area contributed by atoms with Gasteiger partial charge in [-0.05, 0) is 34.1 Å². The second-order valence-corrected chi connectivity index (χ2v) is 5.30. The average molecular weight is 215 g/mol. The molecule has 0 aliphatic rings. The van der Waals surface area contributed by atoms with Crippen molar-refractivity contribution in [2.75, 3.05) is 0 Å². The number of nitrogens with one attached hydrogen (secondary N) is 1. The third-order valence-electron chi connectivity index (χ3n) is 2.45. The zero-order valence-electron chi connectivity index (χ0n) is 11.2. The van der Waals surface area contributed by atoms with Crippen molar-refractivity contribution in [2.45, 2.75) is 84.8 Å². The van der Waals surface area contributed by atoms with Crippen LogP contribution in [0.2, 0.25) is 0 Å². The number of hydroxylamine groups is 1. The largest absolute Gasteiger partial charge is 0.296 e. The Balaban J connectivity index is 3.46. The lowest BCUT2D eigenvalue weighted by Gasteiger charge is -2.26. The highest BCUT2D eigenvalue weighted by atomic mass is 16.7. The SMILES string of the molecule is CCCCCCCC(C)(C)ONC(C)C. The Bertz CT molecular complexity index is 143. The average Bonchev–Trinajstić information content (AvgIpc) is 2.15. The van der Waals surface area contributed by atoms with E-state index in [1.807, 2.05) is 0 Å². The van der Waals surface area contributed by atoms with Gasteiger partial charge in [0, 0.05) is 6.04 Å². The topological polar surface area (TPSA) is 21.3 Å². The van der Waals surface area contributed by atoms with Crippen LogP contribution in [0.4, 0.5) is 0 Å². The highest BCUT2D eigenvalue weighted by Crippen LogP contribution is 2.18. The first-order chi connectivity index (χ1) is 6.98. The normalized spacial score (nSPS) is 12.4. The number of hydrogen-bond donors (Lipinski definition) is 1. The summed E-state index contributed by atoms with van der Waals surface area (Å²) in [5.74, 6) is 0. The van der Waals surface area contributed by atoms with Gasteiger partial charge in [0.1, 0.15) is 0 Å². The third-order valence-corrected chi connectivity index (χ3v) is 2.45. The molecule has 0 aromatic rings. The second-order valence-electron chi connectivity index (χ2n) is 5.30. The molecule has 0 rings (SSSR count). The van der Waals surface area contributed by atoms with Crippen molar-refractivity contribution in [1.29, 1.82) is 0 Å². The molecule has 0 radical (unpaired) electrons. The fourth-order valence-electron chi connectivity index (χ4n) is 1.48. The van der Waals surface area contributed by atoms with Crippen molar-refractivity contribution in [3.8, 4) is 0 Å². The smallest absolute Gasteiger partial charge is 0.0841 e. The Morgan fingerprint density at radius 1 is 1.07 bits per heavy atom. The van der Waals surface area contributed by atoms with Gasteiger partial charge in [-0.3, -0.25) is 4.84 Å². The van der Waals surface area contributed by atoms with Crippen molar-refractivity contribution < 1.29 is 4.84 Å². The molecule has 1 N–H and O–H groups in total. The zero-order chi connectivity index (χ0) is 11.7.